The van der Waals surface area contributed by atoms with Crippen molar-refractivity contribution in [1.82, 2.24) is 9.97 Å². The average molecular weight is 464 g/mol. The van der Waals surface area contributed by atoms with E-state index in [4.69, 9.17) is 0 Å². The first kappa shape index (κ1) is 23.3. The number of hydrogen-bond donors (Lipinski definition) is 1. The van der Waals surface area contributed by atoms with E-state index in [1.165, 1.54) is 46.9 Å². The Balaban J connectivity index is 0.000000208. The molecule has 3 aromatic rings. The number of thiazole rings is 2. The van der Waals surface area contributed by atoms with Crippen LogP contribution in [0.25, 0.3) is 10.6 Å². The lowest BCUT2D eigenvalue weighted by molar-refractivity contribution is -0.107. The number of rotatable bonds is 6. The summed E-state index contributed by atoms with van der Waals surface area (Å²) in [6, 6.07) is 5.75. The van der Waals surface area contributed by atoms with Gasteiger partial charge in [-0.25, -0.2) is 14.4 Å². The van der Waals surface area contributed by atoms with Gasteiger partial charge in [0.15, 0.2) is 5.13 Å². The van der Waals surface area contributed by atoms with Gasteiger partial charge in [-0.2, -0.15) is 13.2 Å². The number of benzene rings is 1. The molecular formula is C18H17F4N3OS3. The lowest BCUT2D eigenvalue weighted by atomic mass is 10.2. The van der Waals surface area contributed by atoms with Crippen LogP contribution in [0, 0.1) is 6.92 Å². The van der Waals surface area contributed by atoms with Crippen molar-refractivity contribution < 1.29 is 22.4 Å². The van der Waals surface area contributed by atoms with Crippen molar-refractivity contribution in [2.45, 2.75) is 30.4 Å². The molecule has 0 amide bonds. The number of aromatic nitrogens is 2. The summed E-state index contributed by atoms with van der Waals surface area (Å²) in [4.78, 5) is 19.7. The zero-order valence-electron chi connectivity index (χ0n) is 15.4. The maximum Gasteiger partial charge on any atom is 0.446 e. The largest absolute Gasteiger partial charge is 0.446 e. The molecule has 0 fully saturated rings. The van der Waals surface area contributed by atoms with E-state index in [2.05, 4.69) is 15.3 Å². The Bertz CT molecular complexity index is 923. The van der Waals surface area contributed by atoms with Crippen molar-refractivity contribution in [3.8, 4) is 10.6 Å². The lowest BCUT2D eigenvalue weighted by Crippen LogP contribution is -1.98. The number of alkyl halides is 4. The molecule has 29 heavy (non-hydrogen) atoms. The number of aryl methyl sites for hydroxylation is 1. The Morgan fingerprint density at radius 3 is 2.38 bits per heavy atom. The third-order valence-electron chi connectivity index (χ3n) is 3.38. The number of nitrogens with zero attached hydrogens (tertiary/aromatic N) is 2. The van der Waals surface area contributed by atoms with Crippen molar-refractivity contribution in [3.05, 3.63) is 45.9 Å². The fourth-order valence-corrected chi connectivity index (χ4v) is 4.32. The Morgan fingerprint density at radius 1 is 1.21 bits per heavy atom. The number of carbonyl (C=O) groups excluding carboxylic acids is 1. The smallest absolute Gasteiger partial charge is 0.365 e. The lowest BCUT2D eigenvalue weighted by Gasteiger charge is -2.05. The van der Waals surface area contributed by atoms with Crippen LogP contribution in [0.5, 0.6) is 0 Å². The topological polar surface area (TPSA) is 54.9 Å². The molecule has 0 saturated heterocycles. The molecule has 0 radical (unpaired) electrons. The van der Waals surface area contributed by atoms with Crippen molar-refractivity contribution in [3.63, 3.8) is 0 Å². The van der Waals surface area contributed by atoms with Crippen LogP contribution in [-0.4, -0.2) is 28.8 Å². The predicted molar refractivity (Wildman–Crippen MR) is 110 cm³/mol. The van der Waals surface area contributed by atoms with E-state index >= 15 is 0 Å². The second-order valence-electron chi connectivity index (χ2n) is 5.51. The van der Waals surface area contributed by atoms with Gasteiger partial charge in [-0.3, -0.25) is 0 Å². The molecule has 4 nitrogen and oxygen atoms in total. The Morgan fingerprint density at radius 2 is 1.90 bits per heavy atom. The summed E-state index contributed by atoms with van der Waals surface area (Å²) in [5, 5.41) is 6.30. The molecule has 1 aromatic carbocycles. The first-order valence-electron chi connectivity index (χ1n) is 8.20. The number of aldehydes is 1. The predicted octanol–water partition coefficient (Wildman–Crippen LogP) is 6.13. The summed E-state index contributed by atoms with van der Waals surface area (Å²) < 4.78 is 48.1. The van der Waals surface area contributed by atoms with E-state index in [-0.39, 0.29) is 23.1 Å². The summed E-state index contributed by atoms with van der Waals surface area (Å²) >= 11 is 2.74. The van der Waals surface area contributed by atoms with Crippen LogP contribution in [0.4, 0.5) is 22.7 Å². The highest BCUT2D eigenvalue weighted by Crippen LogP contribution is 2.36. The van der Waals surface area contributed by atoms with Crippen molar-refractivity contribution >= 4 is 45.9 Å². The van der Waals surface area contributed by atoms with Crippen molar-refractivity contribution in [2.24, 2.45) is 0 Å². The molecule has 2 aromatic heterocycles. The Kier molecular flexibility index (Phi) is 8.60. The van der Waals surface area contributed by atoms with Gasteiger partial charge in [-0.05, 0) is 36.4 Å². The van der Waals surface area contributed by atoms with Gasteiger partial charge < -0.3 is 10.1 Å². The van der Waals surface area contributed by atoms with E-state index in [1.54, 1.807) is 0 Å². The molecule has 11 heteroatoms. The zero-order valence-corrected chi connectivity index (χ0v) is 17.9. The van der Waals surface area contributed by atoms with Crippen LogP contribution in [-0.2, 0) is 17.9 Å². The number of nitrogens with one attached hydrogen (secondary N) is 1. The molecular weight excluding hydrogens is 446 g/mol. The first-order valence-corrected chi connectivity index (χ1v) is 10.7. The molecule has 1 N–H and O–H groups in total. The van der Waals surface area contributed by atoms with E-state index in [0.717, 1.165) is 21.4 Å². The summed E-state index contributed by atoms with van der Waals surface area (Å²) in [6.07, 6.45) is 0.947. The molecule has 2 heterocycles. The quantitative estimate of drug-likeness (QED) is 0.271. The fourth-order valence-electron chi connectivity index (χ4n) is 2.16. The van der Waals surface area contributed by atoms with Crippen LogP contribution in [0.2, 0.25) is 0 Å². The molecule has 0 aliphatic carbocycles. The molecule has 0 atom stereocenters. The number of anilines is 1. The third-order valence-corrected chi connectivity index (χ3v) is 6.13. The van der Waals surface area contributed by atoms with Gasteiger partial charge in [-0.15, -0.1) is 22.7 Å². The Labute approximate surface area is 177 Å². The summed E-state index contributed by atoms with van der Waals surface area (Å²) in [6.45, 7) is 1.37. The van der Waals surface area contributed by atoms with Gasteiger partial charge in [0.2, 0.25) is 0 Å². The molecule has 0 bridgehead atoms. The minimum atomic E-state index is -4.26. The summed E-state index contributed by atoms with van der Waals surface area (Å²) in [7, 11) is 1.83. The Hall–Kier alpha value is -1.98. The highest BCUT2D eigenvalue weighted by atomic mass is 32.2. The highest BCUT2D eigenvalue weighted by Gasteiger charge is 2.28. The molecule has 0 aliphatic rings. The third kappa shape index (κ3) is 7.41. The van der Waals surface area contributed by atoms with Crippen LogP contribution >= 0.6 is 34.4 Å². The van der Waals surface area contributed by atoms with E-state index < -0.39 is 12.2 Å². The molecule has 0 unspecified atom stereocenters. The standard InChI is InChI=1S/C9H7F3OS.C9H10FN3S2/c10-9(11,12)14-8-3-1-7(2-4-8)5-6-13;1-5-8(15-7(3-10)12-5)6-4-14-9(11-2)13-6/h1-4,6H,5H2;4H,3H2,1-2H3,(H,11,13). The van der Waals surface area contributed by atoms with Gasteiger partial charge in [0.05, 0.1) is 16.3 Å². The molecule has 3 rings (SSSR count). The SMILES string of the molecule is CNc1nc(-c2sc(CF)nc2C)cs1.O=CCc1ccc(SC(F)(F)F)cc1. The fraction of sp³-hybridized carbons (Fsp3) is 0.278. The van der Waals surface area contributed by atoms with Gasteiger partial charge in [0.25, 0.3) is 0 Å². The van der Waals surface area contributed by atoms with Crippen molar-refractivity contribution in [1.29, 1.82) is 0 Å². The van der Waals surface area contributed by atoms with Gasteiger partial charge in [-0.1, -0.05) is 12.1 Å². The van der Waals surface area contributed by atoms with E-state index in [9.17, 15) is 22.4 Å². The molecule has 0 aliphatic heterocycles. The normalized spacial score (nSPS) is 11.0. The summed E-state index contributed by atoms with van der Waals surface area (Å²) in [5.74, 6) is 0. The van der Waals surface area contributed by atoms with Crippen LogP contribution in [0.1, 0.15) is 16.3 Å². The monoisotopic (exact) mass is 463 g/mol. The zero-order chi connectivity index (χ0) is 21.4. The molecule has 0 saturated carbocycles. The van der Waals surface area contributed by atoms with Gasteiger partial charge in [0.1, 0.15) is 18.0 Å². The van der Waals surface area contributed by atoms with E-state index in [0.29, 0.717) is 16.9 Å². The number of thioether (sulfide) groups is 1. The van der Waals surface area contributed by atoms with Crippen molar-refractivity contribution in [2.75, 3.05) is 12.4 Å². The number of hydrogen-bond acceptors (Lipinski definition) is 7. The number of carbonyl (C=O) groups is 1. The van der Waals surface area contributed by atoms with Crippen LogP contribution < -0.4 is 5.32 Å². The molecule has 0 spiro atoms. The highest BCUT2D eigenvalue weighted by molar-refractivity contribution is 8.00. The summed E-state index contributed by atoms with van der Waals surface area (Å²) in [5.41, 5.74) is -1.82. The first-order chi connectivity index (χ1) is 13.8. The molecule has 156 valence electrons. The second kappa shape index (κ2) is 10.7. The van der Waals surface area contributed by atoms with Gasteiger partial charge >= 0.3 is 5.51 Å². The number of halogens is 4. The van der Waals surface area contributed by atoms with Gasteiger partial charge in [0, 0.05) is 23.7 Å². The van der Waals surface area contributed by atoms with Crippen LogP contribution in [0.3, 0.4) is 0 Å². The van der Waals surface area contributed by atoms with Crippen LogP contribution in [0.15, 0.2) is 34.5 Å². The second-order valence-corrected chi connectivity index (χ2v) is 8.59. The maximum absolute atomic E-state index is 12.4. The maximum atomic E-state index is 12.4. The van der Waals surface area contributed by atoms with E-state index in [1.807, 2.05) is 19.4 Å². The minimum Gasteiger partial charge on any atom is -0.365 e. The average Bonchev–Trinajstić information content (AvgIpc) is 3.29. The minimum absolute atomic E-state index is 0.132.